The lowest BCUT2D eigenvalue weighted by Crippen LogP contribution is -1.88. The standard InChI is InChI=1S/C4H8Cl2S/c1-3(5)7-4(2)6/h3-4H,1-2H3/t3-,4?/m0/s1. The summed E-state index contributed by atoms with van der Waals surface area (Å²) >= 11 is 12.6. The van der Waals surface area contributed by atoms with Crippen LogP contribution in [0, 0.1) is 0 Å². The molecule has 0 N–H and O–H groups in total. The average Bonchev–Trinajstić information content (AvgIpc) is 1.27. The van der Waals surface area contributed by atoms with Gasteiger partial charge in [0, 0.05) is 0 Å². The molecule has 0 amide bonds. The van der Waals surface area contributed by atoms with E-state index < -0.39 is 0 Å². The molecule has 0 aliphatic heterocycles. The molecule has 0 bridgehead atoms. The molecule has 0 aromatic heterocycles. The topological polar surface area (TPSA) is 0 Å². The molecule has 2 atom stereocenters. The second-order valence-electron chi connectivity index (χ2n) is 1.22. The molecule has 0 rings (SSSR count). The molecule has 3 heteroatoms. The Bertz CT molecular complexity index is 39.0. The van der Waals surface area contributed by atoms with Gasteiger partial charge in [-0.3, -0.25) is 0 Å². The summed E-state index contributed by atoms with van der Waals surface area (Å²) in [6, 6.07) is 0. The monoisotopic (exact) mass is 158 g/mol. The predicted molar refractivity (Wildman–Crippen MR) is 38.2 cm³/mol. The minimum Gasteiger partial charge on any atom is -0.123 e. The third-order valence-electron chi connectivity index (χ3n) is 0.375. The summed E-state index contributed by atoms with van der Waals surface area (Å²) < 4.78 is 0.264. The van der Waals surface area contributed by atoms with Crippen LogP contribution in [0.2, 0.25) is 0 Å². The van der Waals surface area contributed by atoms with Crippen LogP contribution in [0.15, 0.2) is 0 Å². The van der Waals surface area contributed by atoms with E-state index in [1.807, 2.05) is 13.8 Å². The van der Waals surface area contributed by atoms with Crippen molar-refractivity contribution < 1.29 is 0 Å². The summed E-state index contributed by atoms with van der Waals surface area (Å²) in [4.78, 5) is 0. The van der Waals surface area contributed by atoms with E-state index >= 15 is 0 Å². The van der Waals surface area contributed by atoms with Gasteiger partial charge in [0.2, 0.25) is 0 Å². The van der Waals surface area contributed by atoms with E-state index in [9.17, 15) is 0 Å². The zero-order valence-electron chi connectivity index (χ0n) is 4.32. The summed E-state index contributed by atoms with van der Waals surface area (Å²) in [6.07, 6.45) is 0. The Morgan fingerprint density at radius 3 is 1.43 bits per heavy atom. The maximum Gasteiger partial charge on any atom is 0.0775 e. The molecule has 0 radical (unpaired) electrons. The fourth-order valence-corrected chi connectivity index (χ4v) is 1.86. The van der Waals surface area contributed by atoms with Crippen molar-refractivity contribution in [3.05, 3.63) is 0 Å². The van der Waals surface area contributed by atoms with E-state index in [0.29, 0.717) is 0 Å². The Labute approximate surface area is 58.6 Å². The van der Waals surface area contributed by atoms with E-state index in [1.54, 1.807) is 11.8 Å². The molecule has 0 saturated carbocycles. The van der Waals surface area contributed by atoms with Gasteiger partial charge in [0.05, 0.1) is 9.42 Å². The Balaban J connectivity index is 2.95. The maximum absolute atomic E-state index is 5.55. The Kier molecular flexibility index (Phi) is 4.39. The lowest BCUT2D eigenvalue weighted by Gasteiger charge is -2.01. The van der Waals surface area contributed by atoms with E-state index in [0.717, 1.165) is 0 Å². The van der Waals surface area contributed by atoms with Crippen molar-refractivity contribution in [2.75, 3.05) is 0 Å². The van der Waals surface area contributed by atoms with Crippen LogP contribution in [-0.4, -0.2) is 9.42 Å². The average molecular weight is 159 g/mol. The van der Waals surface area contributed by atoms with E-state index in [1.165, 1.54) is 0 Å². The number of alkyl halides is 2. The molecule has 0 aliphatic rings. The van der Waals surface area contributed by atoms with Crippen LogP contribution in [-0.2, 0) is 0 Å². The summed E-state index contributed by atoms with van der Waals surface area (Å²) in [5.41, 5.74) is 0. The van der Waals surface area contributed by atoms with Gasteiger partial charge in [-0.15, -0.1) is 35.0 Å². The molecule has 0 aliphatic carbocycles. The molecule has 0 aromatic carbocycles. The fraction of sp³-hybridized carbons (Fsp3) is 1.00. The number of rotatable bonds is 2. The van der Waals surface area contributed by atoms with Gasteiger partial charge >= 0.3 is 0 Å². The Hall–Kier alpha value is 0.930. The second kappa shape index (κ2) is 3.88. The molecular weight excluding hydrogens is 151 g/mol. The largest absolute Gasteiger partial charge is 0.123 e. The minimum atomic E-state index is 0.132. The van der Waals surface area contributed by atoms with Crippen LogP contribution >= 0.6 is 35.0 Å². The van der Waals surface area contributed by atoms with Crippen molar-refractivity contribution in [3.63, 3.8) is 0 Å². The highest BCUT2D eigenvalue weighted by Gasteiger charge is 1.99. The smallest absolute Gasteiger partial charge is 0.0775 e. The second-order valence-corrected chi connectivity index (χ2v) is 4.74. The van der Waals surface area contributed by atoms with Gasteiger partial charge in [-0.2, -0.15) is 0 Å². The zero-order chi connectivity index (χ0) is 5.86. The van der Waals surface area contributed by atoms with Gasteiger partial charge < -0.3 is 0 Å². The third kappa shape index (κ3) is 6.93. The Morgan fingerprint density at radius 2 is 1.43 bits per heavy atom. The predicted octanol–water partition coefficient (Wildman–Crippen LogP) is 2.89. The van der Waals surface area contributed by atoms with Crippen molar-refractivity contribution in [2.45, 2.75) is 23.3 Å². The highest BCUT2D eigenvalue weighted by Crippen LogP contribution is 2.22. The quantitative estimate of drug-likeness (QED) is 0.558. The number of thioether (sulfide) groups is 1. The van der Waals surface area contributed by atoms with Crippen molar-refractivity contribution in [1.29, 1.82) is 0 Å². The van der Waals surface area contributed by atoms with Crippen molar-refractivity contribution >= 4 is 35.0 Å². The summed E-state index contributed by atoms with van der Waals surface area (Å²) in [5.74, 6) is 0. The Morgan fingerprint density at radius 1 is 1.14 bits per heavy atom. The highest BCUT2D eigenvalue weighted by molar-refractivity contribution is 8.02. The summed E-state index contributed by atoms with van der Waals surface area (Å²) in [7, 11) is 0. The van der Waals surface area contributed by atoms with Gasteiger partial charge in [0.1, 0.15) is 0 Å². The molecule has 1 unspecified atom stereocenters. The van der Waals surface area contributed by atoms with Crippen molar-refractivity contribution in [2.24, 2.45) is 0 Å². The molecular formula is C4H8Cl2S. The maximum atomic E-state index is 5.55. The van der Waals surface area contributed by atoms with Crippen LogP contribution in [0.25, 0.3) is 0 Å². The first kappa shape index (κ1) is 7.93. The van der Waals surface area contributed by atoms with Crippen LogP contribution in [0.3, 0.4) is 0 Å². The molecule has 0 spiro atoms. The highest BCUT2D eigenvalue weighted by atomic mass is 35.5. The molecule has 0 nitrogen and oxygen atoms in total. The fourth-order valence-electron chi connectivity index (χ4n) is 0.258. The summed E-state index contributed by atoms with van der Waals surface area (Å²) in [5, 5.41) is 0. The zero-order valence-corrected chi connectivity index (χ0v) is 6.65. The van der Waals surface area contributed by atoms with Gasteiger partial charge in [-0.25, -0.2) is 0 Å². The molecule has 44 valence electrons. The first-order valence-corrected chi connectivity index (χ1v) is 3.88. The van der Waals surface area contributed by atoms with Crippen LogP contribution < -0.4 is 0 Å². The molecule has 0 heterocycles. The first-order valence-electron chi connectivity index (χ1n) is 2.06. The lowest BCUT2D eigenvalue weighted by molar-refractivity contribution is 1.33. The van der Waals surface area contributed by atoms with Crippen molar-refractivity contribution in [1.82, 2.24) is 0 Å². The van der Waals surface area contributed by atoms with E-state index in [4.69, 9.17) is 23.2 Å². The molecule has 0 fully saturated rings. The first-order chi connectivity index (χ1) is 3.13. The summed E-state index contributed by atoms with van der Waals surface area (Å²) in [6.45, 7) is 3.82. The van der Waals surface area contributed by atoms with Crippen LogP contribution in [0.1, 0.15) is 13.8 Å². The normalized spacial score (nSPS) is 18.9. The molecule has 0 aromatic rings. The van der Waals surface area contributed by atoms with Crippen LogP contribution in [0.4, 0.5) is 0 Å². The van der Waals surface area contributed by atoms with Crippen LogP contribution in [0.5, 0.6) is 0 Å². The number of hydrogen-bond acceptors (Lipinski definition) is 1. The van der Waals surface area contributed by atoms with Gasteiger partial charge in [0.25, 0.3) is 0 Å². The molecule has 7 heavy (non-hydrogen) atoms. The van der Waals surface area contributed by atoms with Gasteiger partial charge in [0.15, 0.2) is 0 Å². The SMILES string of the molecule is CC(Cl)S[C@@H](C)Cl. The lowest BCUT2D eigenvalue weighted by atomic mass is 10.9. The van der Waals surface area contributed by atoms with Gasteiger partial charge in [-0.1, -0.05) is 0 Å². The van der Waals surface area contributed by atoms with Crippen molar-refractivity contribution in [3.8, 4) is 0 Å². The number of hydrogen-bond donors (Lipinski definition) is 0. The van der Waals surface area contributed by atoms with E-state index in [-0.39, 0.29) is 9.42 Å². The number of halogens is 2. The molecule has 0 saturated heterocycles. The third-order valence-corrected chi connectivity index (χ3v) is 1.74. The van der Waals surface area contributed by atoms with E-state index in [2.05, 4.69) is 0 Å². The minimum absolute atomic E-state index is 0.132. The van der Waals surface area contributed by atoms with Gasteiger partial charge in [-0.05, 0) is 13.8 Å².